The fourth-order valence-electron chi connectivity index (χ4n) is 1.82. The van der Waals surface area contributed by atoms with Crippen LogP contribution in [0.2, 0.25) is 5.15 Å². The van der Waals surface area contributed by atoms with E-state index in [4.69, 9.17) is 16.9 Å². The van der Waals surface area contributed by atoms with E-state index in [0.29, 0.717) is 18.8 Å². The van der Waals surface area contributed by atoms with E-state index in [0.717, 1.165) is 13.1 Å². The van der Waals surface area contributed by atoms with E-state index in [1.54, 1.807) is 23.2 Å². The van der Waals surface area contributed by atoms with Gasteiger partial charge in [-0.25, -0.2) is 4.98 Å². The highest BCUT2D eigenvalue weighted by Crippen LogP contribution is 2.17. The molecule has 1 saturated heterocycles. The molecule has 104 valence electrons. The molecule has 0 bridgehead atoms. The van der Waals surface area contributed by atoms with Crippen LogP contribution in [0.25, 0.3) is 0 Å². The van der Waals surface area contributed by atoms with Crippen molar-refractivity contribution >= 4 is 23.2 Å². The third-order valence-electron chi connectivity index (χ3n) is 2.89. The summed E-state index contributed by atoms with van der Waals surface area (Å²) in [5, 5.41) is 15.4. The van der Waals surface area contributed by atoms with Crippen LogP contribution in [0.3, 0.4) is 0 Å². The van der Waals surface area contributed by atoms with E-state index in [-0.39, 0.29) is 16.6 Å². The lowest BCUT2D eigenvalue weighted by molar-refractivity contribution is -0.127. The Morgan fingerprint density at radius 3 is 2.95 bits per heavy atom. The van der Waals surface area contributed by atoms with E-state index in [9.17, 15) is 4.79 Å². The Kier molecular flexibility index (Phi) is 4.93. The number of nitriles is 1. The Morgan fingerprint density at radius 1 is 1.55 bits per heavy atom. The van der Waals surface area contributed by atoms with E-state index >= 15 is 0 Å². The molecular weight excluding hydrogens is 278 g/mol. The van der Waals surface area contributed by atoms with Crippen LogP contribution in [0, 0.1) is 11.3 Å². The lowest BCUT2D eigenvalue weighted by Crippen LogP contribution is -2.46. The third kappa shape index (κ3) is 3.47. The van der Waals surface area contributed by atoms with Crippen molar-refractivity contribution in [2.75, 3.05) is 31.5 Å². The van der Waals surface area contributed by atoms with Crippen LogP contribution in [0.5, 0.6) is 0 Å². The maximum Gasteiger partial charge on any atom is 0.266 e. The molecule has 20 heavy (non-hydrogen) atoms. The van der Waals surface area contributed by atoms with Crippen LogP contribution in [0.15, 0.2) is 30.1 Å². The molecule has 6 nitrogen and oxygen atoms in total. The predicted octanol–water partition coefficient (Wildman–Crippen LogP) is 0.986. The molecular formula is C13H14ClN5O. The first-order valence-corrected chi connectivity index (χ1v) is 6.57. The van der Waals surface area contributed by atoms with Crippen LogP contribution in [0.4, 0.5) is 5.69 Å². The zero-order chi connectivity index (χ0) is 14.4. The molecule has 1 fully saturated rings. The van der Waals surface area contributed by atoms with Gasteiger partial charge in [-0.1, -0.05) is 11.6 Å². The molecule has 0 spiro atoms. The molecule has 7 heteroatoms. The van der Waals surface area contributed by atoms with Gasteiger partial charge in [0.2, 0.25) is 0 Å². The largest absolute Gasteiger partial charge is 0.358 e. The fraction of sp³-hybridized carbons (Fsp3) is 0.308. The van der Waals surface area contributed by atoms with Gasteiger partial charge in [0.25, 0.3) is 5.91 Å². The summed E-state index contributed by atoms with van der Waals surface area (Å²) in [6.45, 7) is 2.69. The van der Waals surface area contributed by atoms with Gasteiger partial charge >= 0.3 is 0 Å². The first-order chi connectivity index (χ1) is 9.72. The molecule has 0 atom stereocenters. The number of nitrogens with one attached hydrogen (secondary N) is 2. The molecule has 0 aliphatic carbocycles. The second kappa shape index (κ2) is 6.89. The van der Waals surface area contributed by atoms with E-state index in [1.807, 2.05) is 6.07 Å². The molecule has 1 aromatic heterocycles. The smallest absolute Gasteiger partial charge is 0.266 e. The zero-order valence-electron chi connectivity index (χ0n) is 10.8. The van der Waals surface area contributed by atoms with E-state index in [2.05, 4.69) is 15.6 Å². The number of hydrogen-bond donors (Lipinski definition) is 2. The first kappa shape index (κ1) is 14.3. The SMILES string of the molecule is N#C/C(=C/Nc1cccnc1Cl)C(=O)N1CCNCC1. The van der Waals surface area contributed by atoms with Gasteiger partial charge in [0.15, 0.2) is 5.15 Å². The van der Waals surface area contributed by atoms with Gasteiger partial charge in [-0.15, -0.1) is 0 Å². The van der Waals surface area contributed by atoms with Gasteiger partial charge in [-0.2, -0.15) is 5.26 Å². The molecule has 2 N–H and O–H groups in total. The number of rotatable bonds is 3. The number of carbonyl (C=O) groups excluding carboxylic acids is 1. The zero-order valence-corrected chi connectivity index (χ0v) is 11.5. The summed E-state index contributed by atoms with van der Waals surface area (Å²) in [5.74, 6) is -0.276. The molecule has 2 heterocycles. The number of anilines is 1. The molecule has 1 aliphatic heterocycles. The Bertz CT molecular complexity index is 560. The summed E-state index contributed by atoms with van der Waals surface area (Å²) < 4.78 is 0. The van der Waals surface area contributed by atoms with Crippen molar-refractivity contribution in [3.63, 3.8) is 0 Å². The predicted molar refractivity (Wildman–Crippen MR) is 76.0 cm³/mol. The van der Waals surface area contributed by atoms with Crippen LogP contribution in [-0.2, 0) is 4.79 Å². The third-order valence-corrected chi connectivity index (χ3v) is 3.19. The molecule has 0 unspecified atom stereocenters. The van der Waals surface area contributed by atoms with Crippen LogP contribution in [-0.4, -0.2) is 42.0 Å². The quantitative estimate of drug-likeness (QED) is 0.493. The number of aromatic nitrogens is 1. The maximum atomic E-state index is 12.2. The van der Waals surface area contributed by atoms with Gasteiger partial charge in [-0.05, 0) is 12.1 Å². The highest BCUT2D eigenvalue weighted by molar-refractivity contribution is 6.32. The normalized spacial score (nSPS) is 15.6. The van der Waals surface area contributed by atoms with Gasteiger partial charge in [-0.3, -0.25) is 4.79 Å². The topological polar surface area (TPSA) is 81.0 Å². The number of carbonyl (C=O) groups is 1. The van der Waals surface area contributed by atoms with Crippen molar-refractivity contribution in [1.82, 2.24) is 15.2 Å². The minimum absolute atomic E-state index is 0.0480. The molecule has 2 rings (SSSR count). The van der Waals surface area contributed by atoms with Crippen molar-refractivity contribution in [2.45, 2.75) is 0 Å². The summed E-state index contributed by atoms with van der Waals surface area (Å²) in [4.78, 5) is 17.7. The summed E-state index contributed by atoms with van der Waals surface area (Å²) in [5.41, 5.74) is 0.599. The first-order valence-electron chi connectivity index (χ1n) is 6.19. The second-order valence-electron chi connectivity index (χ2n) is 4.20. The monoisotopic (exact) mass is 291 g/mol. The number of nitrogens with zero attached hydrogens (tertiary/aromatic N) is 3. The molecule has 0 aromatic carbocycles. The number of halogens is 1. The van der Waals surface area contributed by atoms with Crippen molar-refractivity contribution in [1.29, 1.82) is 5.26 Å². The minimum atomic E-state index is -0.276. The highest BCUT2D eigenvalue weighted by Gasteiger charge is 2.19. The molecule has 1 amide bonds. The molecule has 0 radical (unpaired) electrons. The number of piperazine rings is 1. The van der Waals surface area contributed by atoms with Crippen LogP contribution in [0.1, 0.15) is 0 Å². The summed E-state index contributed by atoms with van der Waals surface area (Å²) >= 11 is 5.89. The van der Waals surface area contributed by atoms with Gasteiger partial charge < -0.3 is 15.5 Å². The standard InChI is InChI=1S/C13H14ClN5O/c14-12-11(2-1-3-17-12)18-9-10(8-15)13(20)19-6-4-16-5-7-19/h1-3,9,16,18H,4-7H2/b10-9-. The van der Waals surface area contributed by atoms with Crippen molar-refractivity contribution in [3.8, 4) is 6.07 Å². The average Bonchev–Trinajstić information content (AvgIpc) is 2.50. The average molecular weight is 292 g/mol. The summed E-state index contributed by atoms with van der Waals surface area (Å²) in [7, 11) is 0. The summed E-state index contributed by atoms with van der Waals surface area (Å²) in [6.07, 6.45) is 2.93. The van der Waals surface area contributed by atoms with Gasteiger partial charge in [0, 0.05) is 38.6 Å². The van der Waals surface area contributed by atoms with Crippen LogP contribution >= 0.6 is 11.6 Å². The van der Waals surface area contributed by atoms with Crippen molar-refractivity contribution in [3.05, 3.63) is 35.3 Å². The number of pyridine rings is 1. The van der Waals surface area contributed by atoms with E-state index in [1.165, 1.54) is 6.20 Å². The van der Waals surface area contributed by atoms with Gasteiger partial charge in [0.05, 0.1) is 5.69 Å². The number of hydrogen-bond acceptors (Lipinski definition) is 5. The molecule has 1 aliphatic rings. The van der Waals surface area contributed by atoms with E-state index < -0.39 is 0 Å². The Morgan fingerprint density at radius 2 is 2.30 bits per heavy atom. The number of amides is 1. The summed E-state index contributed by atoms with van der Waals surface area (Å²) in [6, 6.07) is 5.35. The van der Waals surface area contributed by atoms with Crippen LogP contribution < -0.4 is 10.6 Å². The maximum absolute atomic E-state index is 12.2. The second-order valence-corrected chi connectivity index (χ2v) is 4.56. The van der Waals surface area contributed by atoms with Crippen molar-refractivity contribution in [2.24, 2.45) is 0 Å². The lowest BCUT2D eigenvalue weighted by atomic mass is 10.2. The van der Waals surface area contributed by atoms with Crippen molar-refractivity contribution < 1.29 is 4.79 Å². The minimum Gasteiger partial charge on any atom is -0.358 e. The van der Waals surface area contributed by atoms with Gasteiger partial charge in [0.1, 0.15) is 11.6 Å². The molecule has 0 saturated carbocycles. The Labute approximate surface area is 122 Å². The lowest BCUT2D eigenvalue weighted by Gasteiger charge is -2.27. The highest BCUT2D eigenvalue weighted by atomic mass is 35.5. The Hall–Kier alpha value is -2.10. The fourth-order valence-corrected chi connectivity index (χ4v) is 2.00. The molecule has 1 aromatic rings. The Balaban J connectivity index is 2.08.